The van der Waals surface area contributed by atoms with Crippen LogP contribution in [0.15, 0.2) is 18.2 Å². The van der Waals surface area contributed by atoms with E-state index in [4.69, 9.17) is 10.5 Å². The number of nitrogens with two attached hydrogens (primary N) is 1. The monoisotopic (exact) mass is 292 g/mol. The number of hydrogen-bond acceptors (Lipinski definition) is 4. The van der Waals surface area contributed by atoms with Crippen LogP contribution >= 0.6 is 0 Å². The second-order valence-electron chi connectivity index (χ2n) is 5.42. The number of benzene rings is 1. The van der Waals surface area contributed by atoms with E-state index in [9.17, 15) is 4.79 Å². The molecule has 21 heavy (non-hydrogen) atoms. The number of nitrogens with one attached hydrogen (secondary N) is 1. The average molecular weight is 292 g/mol. The van der Waals surface area contributed by atoms with E-state index in [1.54, 1.807) is 25.1 Å². The highest BCUT2D eigenvalue weighted by molar-refractivity contribution is 5.92. The minimum atomic E-state index is -0.309. The molecule has 0 aliphatic heterocycles. The van der Waals surface area contributed by atoms with E-state index in [2.05, 4.69) is 19.2 Å². The highest BCUT2D eigenvalue weighted by Gasteiger charge is 2.11. The molecule has 4 nitrogen and oxygen atoms in total. The van der Waals surface area contributed by atoms with Gasteiger partial charge in [-0.05, 0) is 38.5 Å². The summed E-state index contributed by atoms with van der Waals surface area (Å²) < 4.78 is 5.01. The van der Waals surface area contributed by atoms with E-state index in [-0.39, 0.29) is 5.97 Å². The number of carbonyl (C=O) groups is 1. The normalized spacial score (nSPS) is 12.0. The Bertz CT molecular complexity index is 446. The fraction of sp³-hybridized carbons (Fsp3) is 0.588. The predicted octanol–water partition coefficient (Wildman–Crippen LogP) is 4.22. The lowest BCUT2D eigenvalue weighted by Gasteiger charge is -2.17. The van der Waals surface area contributed by atoms with Gasteiger partial charge in [-0.15, -0.1) is 0 Å². The van der Waals surface area contributed by atoms with Crippen LogP contribution in [0.2, 0.25) is 0 Å². The van der Waals surface area contributed by atoms with Gasteiger partial charge in [0.15, 0.2) is 0 Å². The van der Waals surface area contributed by atoms with Gasteiger partial charge in [0.2, 0.25) is 0 Å². The topological polar surface area (TPSA) is 64.3 Å². The lowest BCUT2D eigenvalue weighted by Crippen LogP contribution is -2.16. The highest BCUT2D eigenvalue weighted by atomic mass is 16.5. The van der Waals surface area contributed by atoms with Crippen LogP contribution in [0.3, 0.4) is 0 Å². The summed E-state index contributed by atoms with van der Waals surface area (Å²) in [5.41, 5.74) is 7.97. The Balaban J connectivity index is 2.60. The molecule has 0 fully saturated rings. The summed E-state index contributed by atoms with van der Waals surface area (Å²) in [6.45, 7) is 6.53. The molecule has 0 aliphatic carbocycles. The van der Waals surface area contributed by atoms with E-state index >= 15 is 0 Å². The maximum absolute atomic E-state index is 11.7. The first-order valence-corrected chi connectivity index (χ1v) is 7.91. The number of unbranched alkanes of at least 4 members (excludes halogenated alkanes) is 3. The lowest BCUT2D eigenvalue weighted by molar-refractivity contribution is 0.0526. The zero-order valence-electron chi connectivity index (χ0n) is 13.4. The smallest absolute Gasteiger partial charge is 0.338 e. The lowest BCUT2D eigenvalue weighted by atomic mass is 10.1. The molecule has 1 rings (SSSR count). The summed E-state index contributed by atoms with van der Waals surface area (Å²) >= 11 is 0. The number of hydrogen-bond donors (Lipinski definition) is 2. The van der Waals surface area contributed by atoms with E-state index in [1.165, 1.54) is 25.7 Å². The van der Waals surface area contributed by atoms with Gasteiger partial charge < -0.3 is 15.8 Å². The molecule has 0 bridgehead atoms. The molecule has 0 aliphatic rings. The Morgan fingerprint density at radius 1 is 1.29 bits per heavy atom. The molecule has 118 valence electrons. The molecule has 4 heteroatoms. The molecule has 1 unspecified atom stereocenters. The van der Waals surface area contributed by atoms with Crippen molar-refractivity contribution in [3.63, 3.8) is 0 Å². The molecule has 0 amide bonds. The Hall–Kier alpha value is -1.71. The van der Waals surface area contributed by atoms with Gasteiger partial charge in [0.05, 0.1) is 23.5 Å². The van der Waals surface area contributed by atoms with Crippen LogP contribution < -0.4 is 11.1 Å². The number of anilines is 2. The summed E-state index contributed by atoms with van der Waals surface area (Å²) in [6.07, 6.45) is 6.10. The summed E-state index contributed by atoms with van der Waals surface area (Å²) in [5, 5.41) is 3.39. The van der Waals surface area contributed by atoms with Crippen molar-refractivity contribution in [2.24, 2.45) is 0 Å². The van der Waals surface area contributed by atoms with Crippen LogP contribution in [0.4, 0.5) is 11.4 Å². The Morgan fingerprint density at radius 3 is 2.71 bits per heavy atom. The van der Waals surface area contributed by atoms with Crippen LogP contribution in [0.25, 0.3) is 0 Å². The maximum atomic E-state index is 11.7. The molecular formula is C17H28N2O2. The Labute approximate surface area is 128 Å². The molecule has 0 aromatic heterocycles. The number of ether oxygens (including phenoxy) is 1. The molecule has 1 aromatic carbocycles. The molecule has 0 radical (unpaired) electrons. The third kappa shape index (κ3) is 6.06. The first kappa shape index (κ1) is 17.3. The number of carbonyl (C=O) groups excluding carboxylic acids is 1. The highest BCUT2D eigenvalue weighted by Crippen LogP contribution is 2.22. The van der Waals surface area contributed by atoms with Crippen LogP contribution in [-0.4, -0.2) is 18.6 Å². The molecular weight excluding hydrogens is 264 g/mol. The summed E-state index contributed by atoms with van der Waals surface area (Å²) in [7, 11) is 0. The fourth-order valence-corrected chi connectivity index (χ4v) is 2.24. The Morgan fingerprint density at radius 2 is 2.05 bits per heavy atom. The largest absolute Gasteiger partial charge is 0.462 e. The zero-order chi connectivity index (χ0) is 15.7. The van der Waals surface area contributed by atoms with Gasteiger partial charge in [-0.3, -0.25) is 0 Å². The van der Waals surface area contributed by atoms with Gasteiger partial charge in [0.25, 0.3) is 0 Å². The van der Waals surface area contributed by atoms with Crippen molar-refractivity contribution in [3.8, 4) is 0 Å². The van der Waals surface area contributed by atoms with Crippen molar-refractivity contribution in [3.05, 3.63) is 23.8 Å². The van der Waals surface area contributed by atoms with Crippen molar-refractivity contribution < 1.29 is 9.53 Å². The van der Waals surface area contributed by atoms with Crippen molar-refractivity contribution in [1.82, 2.24) is 0 Å². The quantitative estimate of drug-likeness (QED) is 0.406. The number of esters is 1. The van der Waals surface area contributed by atoms with Crippen LogP contribution in [-0.2, 0) is 4.74 Å². The first-order chi connectivity index (χ1) is 10.1. The predicted molar refractivity (Wildman–Crippen MR) is 88.7 cm³/mol. The van der Waals surface area contributed by atoms with Gasteiger partial charge in [0.1, 0.15) is 0 Å². The molecule has 3 N–H and O–H groups in total. The SMILES string of the molecule is CCCCCCC(C)Nc1cc(C(=O)OCC)ccc1N. The summed E-state index contributed by atoms with van der Waals surface area (Å²) in [5.74, 6) is -0.309. The van der Waals surface area contributed by atoms with Crippen molar-refractivity contribution in [2.75, 3.05) is 17.7 Å². The van der Waals surface area contributed by atoms with Crippen LogP contribution in [0, 0.1) is 0 Å². The Kier molecular flexibility index (Phi) is 7.65. The number of rotatable bonds is 9. The molecule has 1 aromatic rings. The maximum Gasteiger partial charge on any atom is 0.338 e. The minimum absolute atomic E-state index is 0.309. The van der Waals surface area contributed by atoms with E-state index < -0.39 is 0 Å². The molecule has 0 spiro atoms. The van der Waals surface area contributed by atoms with Crippen molar-refractivity contribution in [1.29, 1.82) is 0 Å². The molecule has 0 heterocycles. The van der Waals surface area contributed by atoms with Gasteiger partial charge in [-0.25, -0.2) is 4.79 Å². The second-order valence-corrected chi connectivity index (χ2v) is 5.42. The van der Waals surface area contributed by atoms with Gasteiger partial charge in [-0.2, -0.15) is 0 Å². The summed E-state index contributed by atoms with van der Waals surface area (Å²) in [6, 6.07) is 5.56. The minimum Gasteiger partial charge on any atom is -0.462 e. The van der Waals surface area contributed by atoms with E-state index in [0.717, 1.165) is 12.1 Å². The van der Waals surface area contributed by atoms with E-state index in [0.29, 0.717) is 23.9 Å². The van der Waals surface area contributed by atoms with Gasteiger partial charge in [0, 0.05) is 6.04 Å². The van der Waals surface area contributed by atoms with Crippen LogP contribution in [0.5, 0.6) is 0 Å². The van der Waals surface area contributed by atoms with Crippen LogP contribution in [0.1, 0.15) is 63.2 Å². The van der Waals surface area contributed by atoms with Gasteiger partial charge in [-0.1, -0.05) is 32.6 Å². The molecule has 1 atom stereocenters. The average Bonchev–Trinajstić information content (AvgIpc) is 2.46. The summed E-state index contributed by atoms with van der Waals surface area (Å²) in [4.78, 5) is 11.7. The molecule has 0 saturated carbocycles. The fourth-order valence-electron chi connectivity index (χ4n) is 2.24. The third-order valence-corrected chi connectivity index (χ3v) is 3.46. The van der Waals surface area contributed by atoms with Crippen molar-refractivity contribution in [2.45, 2.75) is 58.9 Å². The number of nitrogen functional groups attached to an aromatic ring is 1. The third-order valence-electron chi connectivity index (χ3n) is 3.46. The second kappa shape index (κ2) is 9.27. The van der Waals surface area contributed by atoms with E-state index in [1.807, 2.05) is 0 Å². The standard InChI is InChI=1S/C17H28N2O2/c1-4-6-7-8-9-13(3)19-16-12-14(10-11-15(16)18)17(20)21-5-2/h10-13,19H,4-9,18H2,1-3H3. The molecule has 0 saturated heterocycles. The zero-order valence-corrected chi connectivity index (χ0v) is 13.4. The first-order valence-electron chi connectivity index (χ1n) is 7.91. The van der Waals surface area contributed by atoms with Crippen molar-refractivity contribution >= 4 is 17.3 Å². The van der Waals surface area contributed by atoms with Gasteiger partial charge >= 0.3 is 5.97 Å².